The number of methoxy groups -OCH3 is 1. The molecule has 1 aromatic rings. The molecular formula is C8H8BrFO3S. The molecule has 1 rings (SSSR count). The number of ether oxygens (including phenoxy) is 1. The SMILES string of the molecule is COc1cc(Br)ccc1CS(=O)(=O)F. The van der Waals surface area contributed by atoms with E-state index in [1.807, 2.05) is 0 Å². The predicted molar refractivity (Wildman–Crippen MR) is 54.4 cm³/mol. The maximum atomic E-state index is 12.4. The van der Waals surface area contributed by atoms with Crippen LogP contribution in [0.3, 0.4) is 0 Å². The van der Waals surface area contributed by atoms with Crippen LogP contribution in [0.2, 0.25) is 0 Å². The summed E-state index contributed by atoms with van der Waals surface area (Å²) in [6, 6.07) is 4.71. The van der Waals surface area contributed by atoms with Gasteiger partial charge in [0.15, 0.2) is 0 Å². The Hall–Kier alpha value is -0.620. The molecule has 0 unspecified atom stereocenters. The summed E-state index contributed by atoms with van der Waals surface area (Å²) in [4.78, 5) is 0. The van der Waals surface area contributed by atoms with Crippen LogP contribution in [-0.2, 0) is 16.0 Å². The summed E-state index contributed by atoms with van der Waals surface area (Å²) in [7, 11) is -3.12. The first-order valence-corrected chi connectivity index (χ1v) is 6.01. The lowest BCUT2D eigenvalue weighted by molar-refractivity contribution is 0.410. The van der Waals surface area contributed by atoms with Crippen molar-refractivity contribution in [3.63, 3.8) is 0 Å². The van der Waals surface area contributed by atoms with Crippen molar-refractivity contribution in [2.75, 3.05) is 7.11 Å². The Labute approximate surface area is 90.2 Å². The molecule has 6 heteroatoms. The van der Waals surface area contributed by atoms with Gasteiger partial charge in [0.25, 0.3) is 0 Å². The Bertz CT molecular complexity index is 430. The number of hydrogen-bond donors (Lipinski definition) is 0. The van der Waals surface area contributed by atoms with E-state index in [4.69, 9.17) is 4.74 Å². The van der Waals surface area contributed by atoms with Gasteiger partial charge in [-0.3, -0.25) is 0 Å². The second kappa shape index (κ2) is 4.27. The Morgan fingerprint density at radius 1 is 1.50 bits per heavy atom. The number of hydrogen-bond acceptors (Lipinski definition) is 3. The Morgan fingerprint density at radius 2 is 2.14 bits per heavy atom. The minimum absolute atomic E-state index is 0.304. The molecule has 0 amide bonds. The van der Waals surface area contributed by atoms with Crippen molar-refractivity contribution in [2.45, 2.75) is 5.75 Å². The minimum atomic E-state index is -4.52. The summed E-state index contributed by atoms with van der Waals surface area (Å²) in [5.74, 6) is -0.315. The zero-order valence-corrected chi connectivity index (χ0v) is 9.73. The van der Waals surface area contributed by atoms with Gasteiger partial charge < -0.3 is 4.74 Å². The molecule has 0 fully saturated rings. The first-order valence-electron chi connectivity index (χ1n) is 3.67. The standard InChI is InChI=1S/C8H8BrFO3S/c1-13-8-4-7(9)3-2-6(8)5-14(10,11)12/h2-4H,5H2,1H3. The van der Waals surface area contributed by atoms with Crippen molar-refractivity contribution in [3.05, 3.63) is 28.2 Å². The normalized spacial score (nSPS) is 11.4. The first-order chi connectivity index (χ1) is 6.42. The smallest absolute Gasteiger partial charge is 0.306 e. The molecule has 0 saturated carbocycles. The summed E-state index contributed by atoms with van der Waals surface area (Å²) in [6.07, 6.45) is 0. The lowest BCUT2D eigenvalue weighted by atomic mass is 10.2. The van der Waals surface area contributed by atoms with E-state index >= 15 is 0 Å². The van der Waals surface area contributed by atoms with E-state index in [2.05, 4.69) is 15.9 Å². The molecule has 0 atom stereocenters. The second-order valence-corrected chi connectivity index (χ2v) is 4.92. The molecule has 3 nitrogen and oxygen atoms in total. The van der Waals surface area contributed by atoms with Crippen molar-refractivity contribution >= 4 is 26.2 Å². The van der Waals surface area contributed by atoms with Crippen molar-refractivity contribution in [3.8, 4) is 5.75 Å². The average molecular weight is 283 g/mol. The van der Waals surface area contributed by atoms with E-state index < -0.39 is 16.0 Å². The van der Waals surface area contributed by atoms with Crippen LogP contribution in [0.1, 0.15) is 5.56 Å². The second-order valence-electron chi connectivity index (χ2n) is 2.64. The van der Waals surface area contributed by atoms with Crippen LogP contribution in [0.5, 0.6) is 5.75 Å². The molecule has 0 radical (unpaired) electrons. The van der Waals surface area contributed by atoms with E-state index in [1.54, 1.807) is 12.1 Å². The molecule has 1 aromatic carbocycles. The van der Waals surface area contributed by atoms with Gasteiger partial charge in [-0.25, -0.2) is 0 Å². The Kier molecular flexibility index (Phi) is 3.49. The van der Waals surface area contributed by atoms with Gasteiger partial charge in [-0.1, -0.05) is 22.0 Å². The highest BCUT2D eigenvalue weighted by Crippen LogP contribution is 2.25. The molecular weight excluding hydrogens is 275 g/mol. The highest BCUT2D eigenvalue weighted by molar-refractivity contribution is 9.10. The van der Waals surface area contributed by atoms with Crippen LogP contribution < -0.4 is 4.74 Å². The first kappa shape index (κ1) is 11.5. The molecule has 78 valence electrons. The van der Waals surface area contributed by atoms with Crippen LogP contribution in [0.25, 0.3) is 0 Å². The molecule has 0 aliphatic heterocycles. The molecule has 0 heterocycles. The van der Waals surface area contributed by atoms with E-state index in [9.17, 15) is 12.3 Å². The molecule has 0 bridgehead atoms. The Balaban J connectivity index is 3.09. The fraction of sp³-hybridized carbons (Fsp3) is 0.250. The third-order valence-corrected chi connectivity index (χ3v) is 2.73. The summed E-state index contributed by atoms with van der Waals surface area (Å²) in [6.45, 7) is 0. The maximum Gasteiger partial charge on any atom is 0.306 e. The van der Waals surface area contributed by atoms with Crippen molar-refractivity contribution < 1.29 is 17.0 Å². The number of halogens is 2. The minimum Gasteiger partial charge on any atom is -0.496 e. The average Bonchev–Trinajstić information content (AvgIpc) is 2.06. The van der Waals surface area contributed by atoms with Crippen molar-refractivity contribution in [1.82, 2.24) is 0 Å². The fourth-order valence-electron chi connectivity index (χ4n) is 1.02. The van der Waals surface area contributed by atoms with Gasteiger partial charge in [0.1, 0.15) is 11.5 Å². The largest absolute Gasteiger partial charge is 0.496 e. The lowest BCUT2D eigenvalue weighted by Crippen LogP contribution is -1.99. The molecule has 0 spiro atoms. The summed E-state index contributed by atoms with van der Waals surface area (Å²) < 4.78 is 38.9. The van der Waals surface area contributed by atoms with Gasteiger partial charge in [0, 0.05) is 10.0 Å². The van der Waals surface area contributed by atoms with E-state index in [0.717, 1.165) is 4.47 Å². The van der Waals surface area contributed by atoms with Crippen LogP contribution in [0, 0.1) is 0 Å². The third kappa shape index (κ3) is 3.26. The molecule has 0 saturated heterocycles. The number of benzene rings is 1. The van der Waals surface area contributed by atoms with Crippen molar-refractivity contribution in [1.29, 1.82) is 0 Å². The van der Waals surface area contributed by atoms with Gasteiger partial charge in [-0.2, -0.15) is 8.42 Å². The van der Waals surface area contributed by atoms with Crippen LogP contribution in [-0.4, -0.2) is 15.5 Å². The van der Waals surface area contributed by atoms with Gasteiger partial charge in [-0.05, 0) is 12.1 Å². The molecule has 14 heavy (non-hydrogen) atoms. The summed E-state index contributed by atoms with van der Waals surface area (Å²) >= 11 is 3.19. The van der Waals surface area contributed by atoms with E-state index in [-0.39, 0.29) is 0 Å². The highest BCUT2D eigenvalue weighted by Gasteiger charge is 2.13. The summed E-state index contributed by atoms with van der Waals surface area (Å²) in [5, 5.41) is 0. The maximum absolute atomic E-state index is 12.4. The molecule has 0 aliphatic rings. The topological polar surface area (TPSA) is 43.4 Å². The third-order valence-electron chi connectivity index (χ3n) is 1.58. The van der Waals surface area contributed by atoms with E-state index in [1.165, 1.54) is 13.2 Å². The van der Waals surface area contributed by atoms with Gasteiger partial charge in [0.2, 0.25) is 0 Å². The van der Waals surface area contributed by atoms with Crippen LogP contribution in [0.4, 0.5) is 3.89 Å². The highest BCUT2D eigenvalue weighted by atomic mass is 79.9. The monoisotopic (exact) mass is 282 g/mol. The van der Waals surface area contributed by atoms with Crippen molar-refractivity contribution in [2.24, 2.45) is 0 Å². The molecule has 0 aliphatic carbocycles. The fourth-order valence-corrected chi connectivity index (χ4v) is 1.97. The molecule has 0 N–H and O–H groups in total. The lowest BCUT2D eigenvalue weighted by Gasteiger charge is -2.06. The molecule has 0 aromatic heterocycles. The summed E-state index contributed by atoms with van der Waals surface area (Å²) in [5.41, 5.74) is 0.304. The van der Waals surface area contributed by atoms with Gasteiger partial charge in [0.05, 0.1) is 7.11 Å². The van der Waals surface area contributed by atoms with E-state index in [0.29, 0.717) is 11.3 Å². The van der Waals surface area contributed by atoms with Crippen LogP contribution in [0.15, 0.2) is 22.7 Å². The zero-order valence-electron chi connectivity index (χ0n) is 7.33. The van der Waals surface area contributed by atoms with Gasteiger partial charge in [-0.15, -0.1) is 3.89 Å². The Morgan fingerprint density at radius 3 is 2.64 bits per heavy atom. The quantitative estimate of drug-likeness (QED) is 0.799. The zero-order chi connectivity index (χ0) is 10.8. The van der Waals surface area contributed by atoms with Crippen LogP contribution >= 0.6 is 15.9 Å². The van der Waals surface area contributed by atoms with Gasteiger partial charge >= 0.3 is 10.2 Å². The predicted octanol–water partition coefficient (Wildman–Crippen LogP) is 2.26. The number of rotatable bonds is 3.